The van der Waals surface area contributed by atoms with E-state index in [0.717, 1.165) is 22.5 Å². The van der Waals surface area contributed by atoms with E-state index in [4.69, 9.17) is 4.74 Å². The van der Waals surface area contributed by atoms with Crippen molar-refractivity contribution in [3.05, 3.63) is 108 Å². The van der Waals surface area contributed by atoms with Crippen LogP contribution in [0.3, 0.4) is 0 Å². The van der Waals surface area contributed by atoms with Gasteiger partial charge in [0.25, 0.3) is 5.91 Å². The minimum Gasteiger partial charge on any atom is -0.497 e. The summed E-state index contributed by atoms with van der Waals surface area (Å²) >= 11 is 0. The number of amides is 2. The number of hydrogen-bond donors (Lipinski definition) is 3. The molecule has 0 fully saturated rings. The molecule has 1 atom stereocenters. The molecule has 1 aliphatic heterocycles. The van der Waals surface area contributed by atoms with Gasteiger partial charge < -0.3 is 24.9 Å². The Morgan fingerprint density at radius 1 is 0.935 bits per heavy atom. The Bertz CT molecular complexity index is 1930. The van der Waals surface area contributed by atoms with E-state index in [9.17, 15) is 18.0 Å². The number of aromatic nitrogens is 2. The number of methoxy groups -OCH3 is 1. The monoisotopic (exact) mass is 629 g/mol. The van der Waals surface area contributed by atoms with Crippen molar-refractivity contribution < 1.29 is 27.5 Å². The molecule has 1 aliphatic rings. The van der Waals surface area contributed by atoms with Crippen LogP contribution in [0.1, 0.15) is 30.0 Å². The molecule has 238 valence electrons. The van der Waals surface area contributed by atoms with Crippen LogP contribution in [-0.4, -0.2) is 52.5 Å². The number of H-pyrrole nitrogens is 2. The fourth-order valence-corrected chi connectivity index (χ4v) is 6.36. The first kappa shape index (κ1) is 31.0. The van der Waals surface area contributed by atoms with E-state index in [1.807, 2.05) is 47.5 Å². The average Bonchev–Trinajstić information content (AvgIpc) is 3.66. The highest BCUT2D eigenvalue weighted by Gasteiger charge is 2.49. The highest BCUT2D eigenvalue weighted by molar-refractivity contribution is 6.08. The molecule has 3 heterocycles. The van der Waals surface area contributed by atoms with Gasteiger partial charge in [0.2, 0.25) is 5.91 Å². The lowest BCUT2D eigenvalue weighted by molar-refractivity contribution is -0.140. The Hall–Kier alpha value is -5.03. The SMILES string of the molecule is COc1ccc2[nH]cc(N(Cc3ccccc3C(F)(F)F)C(=O)C(Cc3c[nH]c4ccccc34)(NC(C)=O)N3CC=CCC3)c2c1. The van der Waals surface area contributed by atoms with Crippen molar-refractivity contribution in [3.63, 3.8) is 0 Å². The number of para-hydroxylation sites is 1. The van der Waals surface area contributed by atoms with E-state index >= 15 is 4.79 Å². The van der Waals surface area contributed by atoms with Crippen LogP contribution in [0.25, 0.3) is 21.8 Å². The normalized spacial score (nSPS) is 15.2. The Morgan fingerprint density at radius 3 is 2.41 bits per heavy atom. The summed E-state index contributed by atoms with van der Waals surface area (Å²) in [6, 6.07) is 18.2. The van der Waals surface area contributed by atoms with Crippen LogP contribution in [0.4, 0.5) is 18.9 Å². The molecule has 46 heavy (non-hydrogen) atoms. The zero-order valence-electron chi connectivity index (χ0n) is 25.4. The lowest BCUT2D eigenvalue weighted by Crippen LogP contribution is -2.70. The van der Waals surface area contributed by atoms with E-state index in [1.54, 1.807) is 24.4 Å². The number of halogens is 3. The van der Waals surface area contributed by atoms with Crippen molar-refractivity contribution in [3.8, 4) is 5.75 Å². The van der Waals surface area contributed by atoms with Crippen molar-refractivity contribution in [2.75, 3.05) is 25.1 Å². The van der Waals surface area contributed by atoms with E-state index in [2.05, 4.69) is 15.3 Å². The highest BCUT2D eigenvalue weighted by Crippen LogP contribution is 2.38. The number of anilines is 1. The molecule has 2 amide bonds. The minimum absolute atomic E-state index is 0.0619. The third-order valence-corrected chi connectivity index (χ3v) is 8.51. The van der Waals surface area contributed by atoms with Crippen LogP contribution in [0, 0.1) is 0 Å². The molecule has 0 aliphatic carbocycles. The van der Waals surface area contributed by atoms with Gasteiger partial charge in [-0.05, 0) is 47.9 Å². The van der Waals surface area contributed by atoms with Crippen LogP contribution < -0.4 is 15.0 Å². The molecule has 3 N–H and O–H groups in total. The number of carbonyl (C=O) groups excluding carboxylic acids is 2. The molecule has 0 spiro atoms. The number of rotatable bonds is 9. The van der Waals surface area contributed by atoms with Gasteiger partial charge in [0.15, 0.2) is 5.66 Å². The number of nitrogens with zero attached hydrogens (tertiary/aromatic N) is 2. The van der Waals surface area contributed by atoms with E-state index in [0.29, 0.717) is 41.9 Å². The minimum atomic E-state index is -4.65. The maximum Gasteiger partial charge on any atom is 0.416 e. The number of alkyl halides is 3. The molecule has 2 aromatic heterocycles. The van der Waals surface area contributed by atoms with Crippen LogP contribution in [-0.2, 0) is 28.7 Å². The first-order valence-electron chi connectivity index (χ1n) is 15.0. The molecule has 11 heteroatoms. The van der Waals surface area contributed by atoms with Crippen molar-refractivity contribution >= 4 is 39.3 Å². The van der Waals surface area contributed by atoms with Crippen LogP contribution in [0.2, 0.25) is 0 Å². The third kappa shape index (κ3) is 5.85. The molecule has 0 radical (unpaired) electrons. The smallest absolute Gasteiger partial charge is 0.416 e. The summed E-state index contributed by atoms with van der Waals surface area (Å²) in [5.41, 5.74) is 0.0914. The largest absolute Gasteiger partial charge is 0.497 e. The van der Waals surface area contributed by atoms with Crippen molar-refractivity contribution in [1.29, 1.82) is 0 Å². The third-order valence-electron chi connectivity index (χ3n) is 8.51. The van der Waals surface area contributed by atoms with E-state index in [-0.39, 0.29) is 12.0 Å². The fourth-order valence-electron chi connectivity index (χ4n) is 6.36. The second-order valence-corrected chi connectivity index (χ2v) is 11.4. The number of nitrogens with one attached hydrogen (secondary N) is 3. The molecular weight excluding hydrogens is 595 g/mol. The maximum atomic E-state index is 15.4. The topological polar surface area (TPSA) is 93.5 Å². The predicted molar refractivity (Wildman–Crippen MR) is 171 cm³/mol. The van der Waals surface area contributed by atoms with Gasteiger partial charge >= 0.3 is 6.18 Å². The molecule has 0 bridgehead atoms. The zero-order chi connectivity index (χ0) is 32.5. The zero-order valence-corrected chi connectivity index (χ0v) is 25.4. The molecule has 5 aromatic rings. The average molecular weight is 630 g/mol. The number of carbonyl (C=O) groups is 2. The van der Waals surface area contributed by atoms with Crippen LogP contribution in [0.15, 0.2) is 91.3 Å². The summed E-state index contributed by atoms with van der Waals surface area (Å²) in [6.45, 7) is 1.73. The quantitative estimate of drug-likeness (QED) is 0.161. The number of benzene rings is 3. The highest BCUT2D eigenvalue weighted by atomic mass is 19.4. The Balaban J connectivity index is 1.57. The number of fused-ring (bicyclic) bond motifs is 2. The summed E-state index contributed by atoms with van der Waals surface area (Å²) in [5.74, 6) is -0.493. The second-order valence-electron chi connectivity index (χ2n) is 11.4. The van der Waals surface area contributed by atoms with Gasteiger partial charge in [0.05, 0.1) is 24.9 Å². The molecule has 0 saturated carbocycles. The number of aromatic amines is 2. The Labute approximate surface area is 263 Å². The first-order valence-corrected chi connectivity index (χ1v) is 15.0. The maximum absolute atomic E-state index is 15.4. The standard InChI is InChI=1S/C35H34F3N5O3/c1-23(44)41-34(42-16-8-3-9-17-42,19-25-20-39-30-13-7-5-11-27(25)30)33(45)43(22-24-10-4-6-12-29(24)35(36,37)38)32-21-40-31-15-14-26(46-2)18-28(31)32/h3-8,10-15,18,20-21,39-40H,9,16-17,19,22H2,1-2H3,(H,41,44). The van der Waals surface area contributed by atoms with Crippen LogP contribution >= 0.6 is 0 Å². The second kappa shape index (κ2) is 12.4. The van der Waals surface area contributed by atoms with Gasteiger partial charge in [0.1, 0.15) is 5.75 Å². The van der Waals surface area contributed by atoms with Gasteiger partial charge in [-0.2, -0.15) is 13.2 Å². The van der Waals surface area contributed by atoms with Crippen molar-refractivity contribution in [2.45, 2.75) is 38.1 Å². The van der Waals surface area contributed by atoms with Gasteiger partial charge in [-0.1, -0.05) is 48.6 Å². The molecule has 0 saturated heterocycles. The Kier molecular flexibility index (Phi) is 8.35. The number of ether oxygens (including phenoxy) is 1. The molecule has 1 unspecified atom stereocenters. The first-order chi connectivity index (χ1) is 22.1. The summed E-state index contributed by atoms with van der Waals surface area (Å²) in [6.07, 6.45) is 3.41. The fraction of sp³-hybridized carbons (Fsp3) is 0.257. The van der Waals surface area contributed by atoms with Gasteiger partial charge in [-0.3, -0.25) is 14.5 Å². The summed E-state index contributed by atoms with van der Waals surface area (Å²) in [5, 5.41) is 4.46. The lowest BCUT2D eigenvalue weighted by Gasteiger charge is -2.46. The van der Waals surface area contributed by atoms with E-state index in [1.165, 1.54) is 37.1 Å². The lowest BCUT2D eigenvalue weighted by atomic mass is 9.93. The van der Waals surface area contributed by atoms with Crippen molar-refractivity contribution in [1.82, 2.24) is 20.2 Å². The summed E-state index contributed by atoms with van der Waals surface area (Å²) in [7, 11) is 1.52. The number of hydrogen-bond acceptors (Lipinski definition) is 4. The predicted octanol–water partition coefficient (Wildman–Crippen LogP) is 6.55. The Morgan fingerprint density at radius 2 is 1.67 bits per heavy atom. The molecule has 3 aromatic carbocycles. The molecular formula is C35H34F3N5O3. The van der Waals surface area contributed by atoms with Crippen LogP contribution in [0.5, 0.6) is 5.75 Å². The van der Waals surface area contributed by atoms with Gasteiger partial charge in [-0.25, -0.2) is 0 Å². The molecule has 8 nitrogen and oxygen atoms in total. The van der Waals surface area contributed by atoms with E-state index < -0.39 is 35.8 Å². The molecule has 6 rings (SSSR count). The summed E-state index contributed by atoms with van der Waals surface area (Å²) in [4.78, 5) is 38.1. The van der Waals surface area contributed by atoms with Gasteiger partial charge in [-0.15, -0.1) is 0 Å². The van der Waals surface area contributed by atoms with Gasteiger partial charge in [0, 0.05) is 60.6 Å². The van der Waals surface area contributed by atoms with Crippen molar-refractivity contribution in [2.24, 2.45) is 0 Å². The summed E-state index contributed by atoms with van der Waals surface area (Å²) < 4.78 is 48.3.